The average molecular weight is 454 g/mol. The molecule has 0 radical (unpaired) electrons. The van der Waals surface area contributed by atoms with Crippen LogP contribution in [0.2, 0.25) is 0 Å². The Morgan fingerprint density at radius 3 is 2.18 bits per heavy atom. The molecular weight excluding hydrogens is 414 g/mol. The fraction of sp³-hybridized carbons (Fsp3) is 0.538. The normalized spacial score (nSPS) is 18.7. The van der Waals surface area contributed by atoms with Gasteiger partial charge in [0.25, 0.3) is 0 Å². The molecule has 2 aromatic carbocycles. The van der Waals surface area contributed by atoms with Gasteiger partial charge >= 0.3 is 0 Å². The fourth-order valence-corrected chi connectivity index (χ4v) is 4.25. The van der Waals surface area contributed by atoms with E-state index in [0.717, 1.165) is 83.5 Å². The molecule has 0 bridgehead atoms. The van der Waals surface area contributed by atoms with Gasteiger partial charge in [0, 0.05) is 45.8 Å². The highest BCUT2D eigenvalue weighted by Gasteiger charge is 2.13. The van der Waals surface area contributed by atoms with Crippen molar-refractivity contribution in [3.8, 4) is 11.5 Å². The number of nitrogens with one attached hydrogen (secondary N) is 4. The first-order valence-electron chi connectivity index (χ1n) is 12.4. The topological polar surface area (TPSA) is 69.8 Å². The van der Waals surface area contributed by atoms with Crippen LogP contribution in [0.25, 0.3) is 0 Å². The molecule has 2 aliphatic heterocycles. The zero-order valence-electron chi connectivity index (χ0n) is 19.7. The van der Waals surface area contributed by atoms with Crippen LogP contribution in [-0.2, 0) is 19.6 Å². The molecule has 2 heterocycles. The Morgan fingerprint density at radius 1 is 0.667 bits per heavy atom. The zero-order valence-corrected chi connectivity index (χ0v) is 19.7. The van der Waals surface area contributed by atoms with Crippen LogP contribution in [0.3, 0.4) is 0 Å². The van der Waals surface area contributed by atoms with Gasteiger partial charge in [-0.25, -0.2) is 0 Å². The fourth-order valence-electron chi connectivity index (χ4n) is 4.25. The van der Waals surface area contributed by atoms with E-state index in [0.29, 0.717) is 6.79 Å². The molecular formula is C26H39N5O2. The molecule has 0 unspecified atom stereocenters. The standard InChI is InChI=1S/C26H39N5O2/c1-9-27-12-13-28-11-2-15-31(16-14-29-10-1)20-23-5-3-22(4-6-23)18-30-19-24-7-8-25-26(17-24)33-21-32-25/h3-8,17,27-30H,1-2,9-16,18-21H2. The van der Waals surface area contributed by atoms with Crippen LogP contribution in [0, 0.1) is 0 Å². The monoisotopic (exact) mass is 453 g/mol. The lowest BCUT2D eigenvalue weighted by Crippen LogP contribution is -2.36. The van der Waals surface area contributed by atoms with Crippen LogP contribution in [0.4, 0.5) is 0 Å². The van der Waals surface area contributed by atoms with Gasteiger partial charge in [0.15, 0.2) is 11.5 Å². The van der Waals surface area contributed by atoms with Crippen molar-refractivity contribution in [1.82, 2.24) is 26.2 Å². The summed E-state index contributed by atoms with van der Waals surface area (Å²) in [5.74, 6) is 1.68. The van der Waals surface area contributed by atoms with E-state index in [-0.39, 0.29) is 0 Å². The Labute approximate surface area is 198 Å². The number of nitrogens with zero attached hydrogens (tertiary/aromatic N) is 1. The number of ether oxygens (including phenoxy) is 2. The van der Waals surface area contributed by atoms with Gasteiger partial charge in [0.2, 0.25) is 6.79 Å². The van der Waals surface area contributed by atoms with Gasteiger partial charge in [-0.05, 0) is 67.8 Å². The molecule has 0 amide bonds. The van der Waals surface area contributed by atoms with E-state index < -0.39 is 0 Å². The van der Waals surface area contributed by atoms with Crippen molar-refractivity contribution in [3.63, 3.8) is 0 Å². The van der Waals surface area contributed by atoms with E-state index in [1.807, 2.05) is 6.07 Å². The van der Waals surface area contributed by atoms with Crippen LogP contribution in [0.5, 0.6) is 11.5 Å². The Bertz CT molecular complexity index is 816. The highest BCUT2D eigenvalue weighted by Crippen LogP contribution is 2.32. The lowest BCUT2D eigenvalue weighted by molar-refractivity contribution is 0.174. The summed E-state index contributed by atoms with van der Waals surface area (Å²) in [4.78, 5) is 2.57. The van der Waals surface area contributed by atoms with Gasteiger partial charge in [-0.15, -0.1) is 0 Å². The summed E-state index contributed by atoms with van der Waals surface area (Å²) in [5, 5.41) is 14.2. The van der Waals surface area contributed by atoms with Crippen LogP contribution < -0.4 is 30.7 Å². The molecule has 4 rings (SSSR count). The smallest absolute Gasteiger partial charge is 0.231 e. The SMILES string of the molecule is c1cc(CN2CCCNCCNCCCNCC2)ccc1CNCc1ccc2c(c1)OCO2. The molecule has 0 aromatic heterocycles. The first-order valence-corrected chi connectivity index (χ1v) is 12.4. The third kappa shape index (κ3) is 8.28. The molecule has 7 heteroatoms. The number of hydrogen-bond acceptors (Lipinski definition) is 7. The number of hydrogen-bond donors (Lipinski definition) is 4. The molecule has 1 saturated heterocycles. The van der Waals surface area contributed by atoms with E-state index in [1.165, 1.54) is 29.5 Å². The van der Waals surface area contributed by atoms with Crippen molar-refractivity contribution in [2.24, 2.45) is 0 Å². The predicted molar refractivity (Wildman–Crippen MR) is 133 cm³/mol. The van der Waals surface area contributed by atoms with E-state index in [9.17, 15) is 0 Å². The summed E-state index contributed by atoms with van der Waals surface area (Å²) in [6, 6.07) is 15.2. The van der Waals surface area contributed by atoms with E-state index in [2.05, 4.69) is 62.6 Å². The molecule has 2 aromatic rings. The third-order valence-corrected chi connectivity index (χ3v) is 6.14. The lowest BCUT2D eigenvalue weighted by atomic mass is 10.1. The Hall–Kier alpha value is -2.16. The van der Waals surface area contributed by atoms with E-state index >= 15 is 0 Å². The molecule has 7 nitrogen and oxygen atoms in total. The maximum absolute atomic E-state index is 5.47. The van der Waals surface area contributed by atoms with Gasteiger partial charge in [0.05, 0.1) is 0 Å². The van der Waals surface area contributed by atoms with Crippen molar-refractivity contribution in [3.05, 3.63) is 59.2 Å². The van der Waals surface area contributed by atoms with Crippen molar-refractivity contribution < 1.29 is 9.47 Å². The summed E-state index contributed by atoms with van der Waals surface area (Å²) >= 11 is 0. The maximum Gasteiger partial charge on any atom is 0.231 e. The van der Waals surface area contributed by atoms with Crippen molar-refractivity contribution >= 4 is 0 Å². The second-order valence-electron chi connectivity index (χ2n) is 8.84. The first kappa shape index (κ1) is 24.0. The minimum Gasteiger partial charge on any atom is -0.454 e. The van der Waals surface area contributed by atoms with Crippen LogP contribution in [-0.4, -0.2) is 64.1 Å². The molecule has 0 atom stereocenters. The Morgan fingerprint density at radius 2 is 1.33 bits per heavy atom. The quantitative estimate of drug-likeness (QED) is 0.534. The van der Waals surface area contributed by atoms with Crippen LogP contribution >= 0.6 is 0 Å². The number of benzene rings is 2. The number of rotatable bonds is 6. The highest BCUT2D eigenvalue weighted by atomic mass is 16.7. The van der Waals surface area contributed by atoms with Crippen molar-refractivity contribution in [2.75, 3.05) is 59.2 Å². The molecule has 0 aliphatic carbocycles. The van der Waals surface area contributed by atoms with Gasteiger partial charge in [-0.2, -0.15) is 0 Å². The Balaban J connectivity index is 1.21. The molecule has 4 N–H and O–H groups in total. The first-order chi connectivity index (χ1) is 16.4. The van der Waals surface area contributed by atoms with Crippen LogP contribution in [0.15, 0.2) is 42.5 Å². The third-order valence-electron chi connectivity index (χ3n) is 6.14. The van der Waals surface area contributed by atoms with Gasteiger partial charge in [0.1, 0.15) is 0 Å². The molecule has 33 heavy (non-hydrogen) atoms. The summed E-state index contributed by atoms with van der Waals surface area (Å²) < 4.78 is 10.8. The van der Waals surface area contributed by atoms with Gasteiger partial charge in [-0.3, -0.25) is 4.90 Å². The summed E-state index contributed by atoms with van der Waals surface area (Å²) in [5.41, 5.74) is 3.89. The highest BCUT2D eigenvalue weighted by molar-refractivity contribution is 5.44. The zero-order chi connectivity index (χ0) is 22.6. The average Bonchev–Trinajstić information content (AvgIpc) is 3.30. The molecule has 1 fully saturated rings. The molecule has 0 spiro atoms. The second kappa shape index (κ2) is 13.5. The number of fused-ring (bicyclic) bond motifs is 1. The van der Waals surface area contributed by atoms with Gasteiger partial charge in [-0.1, -0.05) is 30.3 Å². The lowest BCUT2D eigenvalue weighted by Gasteiger charge is -2.23. The van der Waals surface area contributed by atoms with Crippen molar-refractivity contribution in [2.45, 2.75) is 32.5 Å². The molecule has 0 saturated carbocycles. The second-order valence-corrected chi connectivity index (χ2v) is 8.84. The summed E-state index contributed by atoms with van der Waals surface area (Å²) in [7, 11) is 0. The van der Waals surface area contributed by atoms with Crippen LogP contribution in [0.1, 0.15) is 29.5 Å². The maximum atomic E-state index is 5.47. The largest absolute Gasteiger partial charge is 0.454 e. The molecule has 2 aliphatic rings. The van der Waals surface area contributed by atoms with Crippen molar-refractivity contribution in [1.29, 1.82) is 0 Å². The summed E-state index contributed by atoms with van der Waals surface area (Å²) in [6.45, 7) is 11.6. The minimum atomic E-state index is 0.321. The summed E-state index contributed by atoms with van der Waals surface area (Å²) in [6.07, 6.45) is 2.37. The predicted octanol–water partition coefficient (Wildman–Crippen LogP) is 2.07. The van der Waals surface area contributed by atoms with E-state index in [4.69, 9.17) is 9.47 Å². The van der Waals surface area contributed by atoms with E-state index in [1.54, 1.807) is 0 Å². The molecule has 180 valence electrons. The minimum absolute atomic E-state index is 0.321. The Kier molecular flexibility index (Phi) is 9.83. The van der Waals surface area contributed by atoms with Gasteiger partial charge < -0.3 is 30.7 Å².